The Morgan fingerprint density at radius 2 is 1.82 bits per heavy atom. The van der Waals surface area contributed by atoms with E-state index in [0.717, 1.165) is 11.1 Å². The number of benzene rings is 2. The van der Waals surface area contributed by atoms with E-state index in [1.807, 2.05) is 0 Å². The molecule has 2 aromatic rings. The first kappa shape index (κ1) is 16.3. The number of hydrogen-bond acceptors (Lipinski definition) is 3. The van der Waals surface area contributed by atoms with Gasteiger partial charge in [0.1, 0.15) is 18.2 Å². The van der Waals surface area contributed by atoms with Crippen LogP contribution in [0.4, 0.5) is 4.39 Å². The van der Waals surface area contributed by atoms with Gasteiger partial charge in [-0.15, -0.1) is 0 Å². The molecule has 0 aromatic heterocycles. The fourth-order valence-corrected chi connectivity index (χ4v) is 2.15. The number of carbonyl (C=O) groups is 1. The second-order valence-corrected chi connectivity index (χ2v) is 5.07. The van der Waals surface area contributed by atoms with Gasteiger partial charge in [0, 0.05) is 0 Å². The van der Waals surface area contributed by atoms with Crippen LogP contribution in [0.5, 0.6) is 5.75 Å². The molecule has 0 spiro atoms. The molecule has 2 aromatic carbocycles. The van der Waals surface area contributed by atoms with E-state index < -0.39 is 0 Å². The van der Waals surface area contributed by atoms with Gasteiger partial charge < -0.3 is 9.47 Å². The predicted molar refractivity (Wildman–Crippen MR) is 82.5 cm³/mol. The maximum absolute atomic E-state index is 12.8. The van der Waals surface area contributed by atoms with E-state index in [4.69, 9.17) is 21.1 Å². The van der Waals surface area contributed by atoms with Gasteiger partial charge in [-0.1, -0.05) is 29.8 Å². The Morgan fingerprint density at radius 3 is 2.45 bits per heavy atom. The molecule has 0 atom stereocenters. The van der Waals surface area contributed by atoms with E-state index in [2.05, 4.69) is 0 Å². The van der Waals surface area contributed by atoms with Crippen molar-refractivity contribution in [2.75, 3.05) is 6.61 Å². The molecule has 0 N–H and O–H groups in total. The molecule has 0 saturated carbocycles. The largest absolute Gasteiger partial charge is 0.487 e. The van der Waals surface area contributed by atoms with Gasteiger partial charge in [0.25, 0.3) is 0 Å². The minimum Gasteiger partial charge on any atom is -0.487 e. The van der Waals surface area contributed by atoms with E-state index in [-0.39, 0.29) is 24.8 Å². The van der Waals surface area contributed by atoms with Crippen molar-refractivity contribution in [3.8, 4) is 5.75 Å². The Labute approximate surface area is 133 Å². The zero-order chi connectivity index (χ0) is 15.9. The number of ether oxygens (including phenoxy) is 2. The van der Waals surface area contributed by atoms with Gasteiger partial charge in [-0.2, -0.15) is 0 Å². The maximum Gasteiger partial charge on any atom is 0.310 e. The lowest BCUT2D eigenvalue weighted by molar-refractivity contribution is -0.142. The smallest absolute Gasteiger partial charge is 0.310 e. The molecule has 0 heterocycles. The number of rotatable bonds is 6. The molecule has 0 aliphatic heterocycles. The molecule has 3 nitrogen and oxygen atoms in total. The molecule has 0 amide bonds. The monoisotopic (exact) mass is 322 g/mol. The third kappa shape index (κ3) is 4.74. The van der Waals surface area contributed by atoms with Gasteiger partial charge in [0.15, 0.2) is 0 Å². The van der Waals surface area contributed by atoms with Crippen LogP contribution in [0, 0.1) is 5.82 Å². The van der Waals surface area contributed by atoms with Crippen LogP contribution in [0.2, 0.25) is 5.02 Å². The summed E-state index contributed by atoms with van der Waals surface area (Å²) in [6.07, 6.45) is 0.172. The zero-order valence-electron chi connectivity index (χ0n) is 12.1. The van der Waals surface area contributed by atoms with Crippen LogP contribution in [0.25, 0.3) is 0 Å². The highest BCUT2D eigenvalue weighted by Gasteiger charge is 2.08. The van der Waals surface area contributed by atoms with Crippen LogP contribution in [0.15, 0.2) is 42.5 Å². The third-order valence-electron chi connectivity index (χ3n) is 2.96. The lowest BCUT2D eigenvalue weighted by Gasteiger charge is -2.09. The average molecular weight is 323 g/mol. The first-order chi connectivity index (χ1) is 10.6. The minimum absolute atomic E-state index is 0.172. The van der Waals surface area contributed by atoms with Crippen LogP contribution in [0.3, 0.4) is 0 Å². The van der Waals surface area contributed by atoms with Crippen molar-refractivity contribution in [3.63, 3.8) is 0 Å². The summed E-state index contributed by atoms with van der Waals surface area (Å²) in [6, 6.07) is 11.2. The molecular formula is C17H16ClFO3. The van der Waals surface area contributed by atoms with Crippen molar-refractivity contribution in [1.29, 1.82) is 0 Å². The summed E-state index contributed by atoms with van der Waals surface area (Å²) >= 11 is 6.14. The molecule has 22 heavy (non-hydrogen) atoms. The van der Waals surface area contributed by atoms with Crippen LogP contribution in [0.1, 0.15) is 18.1 Å². The molecule has 2 rings (SSSR count). The quantitative estimate of drug-likeness (QED) is 0.749. The number of carbonyl (C=O) groups excluding carboxylic acids is 1. The second kappa shape index (κ2) is 7.80. The van der Waals surface area contributed by atoms with Crippen molar-refractivity contribution in [2.45, 2.75) is 20.0 Å². The molecule has 0 fully saturated rings. The van der Waals surface area contributed by atoms with Crippen molar-refractivity contribution >= 4 is 17.6 Å². The predicted octanol–water partition coefficient (Wildman–Crippen LogP) is 4.16. The van der Waals surface area contributed by atoms with Gasteiger partial charge >= 0.3 is 5.97 Å². The Kier molecular flexibility index (Phi) is 5.78. The zero-order valence-corrected chi connectivity index (χ0v) is 12.9. The van der Waals surface area contributed by atoms with E-state index in [1.165, 1.54) is 12.1 Å². The van der Waals surface area contributed by atoms with Crippen molar-refractivity contribution in [1.82, 2.24) is 0 Å². The highest BCUT2D eigenvalue weighted by atomic mass is 35.5. The lowest BCUT2D eigenvalue weighted by Crippen LogP contribution is -2.07. The highest BCUT2D eigenvalue weighted by Crippen LogP contribution is 2.26. The summed E-state index contributed by atoms with van der Waals surface area (Å²) in [5, 5.41) is 0.420. The van der Waals surface area contributed by atoms with E-state index >= 15 is 0 Å². The third-order valence-corrected chi connectivity index (χ3v) is 3.25. The van der Waals surface area contributed by atoms with Crippen molar-refractivity contribution < 1.29 is 18.7 Å². The first-order valence-electron chi connectivity index (χ1n) is 6.89. The van der Waals surface area contributed by atoms with Gasteiger partial charge in [-0.05, 0) is 42.3 Å². The standard InChI is InChI=1S/C17H16ClFO3/c1-2-21-17(20)10-13-5-8-16(15(18)9-13)22-11-12-3-6-14(19)7-4-12/h3-9H,2,10-11H2,1H3. The summed E-state index contributed by atoms with van der Waals surface area (Å²) in [5.74, 6) is -0.0674. The summed E-state index contributed by atoms with van der Waals surface area (Å²) in [7, 11) is 0. The van der Waals surface area contributed by atoms with Crippen LogP contribution >= 0.6 is 11.6 Å². The SMILES string of the molecule is CCOC(=O)Cc1ccc(OCc2ccc(F)cc2)c(Cl)c1. The van der Waals surface area contributed by atoms with Gasteiger partial charge in [0.2, 0.25) is 0 Å². The Balaban J connectivity index is 1.97. The normalized spacial score (nSPS) is 10.3. The van der Waals surface area contributed by atoms with Crippen molar-refractivity contribution in [3.05, 3.63) is 64.4 Å². The first-order valence-corrected chi connectivity index (χ1v) is 7.27. The Morgan fingerprint density at radius 1 is 1.14 bits per heavy atom. The number of halogens is 2. The number of esters is 1. The highest BCUT2D eigenvalue weighted by molar-refractivity contribution is 6.32. The van der Waals surface area contributed by atoms with Crippen molar-refractivity contribution in [2.24, 2.45) is 0 Å². The van der Waals surface area contributed by atoms with E-state index in [9.17, 15) is 9.18 Å². The van der Waals surface area contributed by atoms with Gasteiger partial charge in [-0.25, -0.2) is 4.39 Å². The van der Waals surface area contributed by atoms with E-state index in [0.29, 0.717) is 17.4 Å². The fourth-order valence-electron chi connectivity index (χ4n) is 1.89. The summed E-state index contributed by atoms with van der Waals surface area (Å²) in [5.41, 5.74) is 1.60. The molecule has 0 radical (unpaired) electrons. The molecule has 0 bridgehead atoms. The maximum atomic E-state index is 12.8. The summed E-state index contributed by atoms with van der Waals surface area (Å²) < 4.78 is 23.3. The van der Waals surface area contributed by atoms with Crippen LogP contribution in [-0.4, -0.2) is 12.6 Å². The topological polar surface area (TPSA) is 35.5 Å². The summed E-state index contributed by atoms with van der Waals surface area (Å²) in [4.78, 5) is 11.4. The minimum atomic E-state index is -0.293. The molecule has 0 aliphatic carbocycles. The molecule has 0 unspecified atom stereocenters. The molecule has 116 valence electrons. The van der Waals surface area contributed by atoms with Gasteiger partial charge in [0.05, 0.1) is 18.1 Å². The Bertz CT molecular complexity index is 641. The van der Waals surface area contributed by atoms with E-state index in [1.54, 1.807) is 37.3 Å². The molecule has 0 aliphatic rings. The fraction of sp³-hybridized carbons (Fsp3) is 0.235. The molecule has 5 heteroatoms. The van der Waals surface area contributed by atoms with Crippen LogP contribution in [-0.2, 0) is 22.6 Å². The Hall–Kier alpha value is -2.07. The van der Waals surface area contributed by atoms with Gasteiger partial charge in [-0.3, -0.25) is 4.79 Å². The number of hydrogen-bond donors (Lipinski definition) is 0. The molecular weight excluding hydrogens is 307 g/mol. The molecule has 0 saturated heterocycles. The average Bonchev–Trinajstić information content (AvgIpc) is 2.48. The second-order valence-electron chi connectivity index (χ2n) is 4.66. The summed E-state index contributed by atoms with van der Waals surface area (Å²) in [6.45, 7) is 2.40. The van der Waals surface area contributed by atoms with Crippen LogP contribution < -0.4 is 4.74 Å². The lowest BCUT2D eigenvalue weighted by atomic mass is 10.1.